The lowest BCUT2D eigenvalue weighted by molar-refractivity contribution is -0.0117. The first-order valence-corrected chi connectivity index (χ1v) is 8.21. The molecule has 0 spiro atoms. The van der Waals surface area contributed by atoms with E-state index in [0.717, 1.165) is 24.3 Å². The summed E-state index contributed by atoms with van der Waals surface area (Å²) in [6.45, 7) is 9.43. The molecule has 1 aromatic carbocycles. The van der Waals surface area contributed by atoms with E-state index in [4.69, 9.17) is 16.3 Å². The summed E-state index contributed by atoms with van der Waals surface area (Å²) in [4.78, 5) is 0. The van der Waals surface area contributed by atoms with E-state index in [1.807, 2.05) is 32.0 Å². The molecule has 1 atom stereocenters. The van der Waals surface area contributed by atoms with Crippen molar-refractivity contribution in [3.63, 3.8) is 0 Å². The average Bonchev–Trinajstić information content (AvgIpc) is 2.51. The van der Waals surface area contributed by atoms with Crippen molar-refractivity contribution in [2.24, 2.45) is 0 Å². The second-order valence-corrected chi connectivity index (χ2v) is 6.01. The van der Waals surface area contributed by atoms with Gasteiger partial charge in [-0.1, -0.05) is 32.4 Å². The van der Waals surface area contributed by atoms with Crippen molar-refractivity contribution in [2.45, 2.75) is 58.6 Å². The van der Waals surface area contributed by atoms with Crippen molar-refractivity contribution >= 4 is 11.6 Å². The number of aliphatic hydroxyl groups is 1. The molecule has 2 N–H and O–H groups in total. The number of nitrogens with one attached hydrogen (secondary N) is 1. The summed E-state index contributed by atoms with van der Waals surface area (Å²) in [7, 11) is 0. The molecule has 3 nitrogen and oxygen atoms in total. The van der Waals surface area contributed by atoms with Gasteiger partial charge in [0.05, 0.1) is 5.60 Å². The third-order valence-corrected chi connectivity index (χ3v) is 4.19. The summed E-state index contributed by atoms with van der Waals surface area (Å²) < 4.78 is 5.89. The molecule has 1 unspecified atom stereocenters. The third kappa shape index (κ3) is 5.50. The van der Waals surface area contributed by atoms with E-state index in [1.54, 1.807) is 0 Å². The van der Waals surface area contributed by atoms with E-state index in [9.17, 15) is 5.11 Å². The highest BCUT2D eigenvalue weighted by Crippen LogP contribution is 2.29. The highest BCUT2D eigenvalue weighted by Gasteiger charge is 2.24. The molecule has 0 saturated heterocycles. The van der Waals surface area contributed by atoms with Gasteiger partial charge in [-0.05, 0) is 50.9 Å². The Bertz CT molecular complexity index is 433. The number of hydrogen-bond acceptors (Lipinski definition) is 3. The number of halogens is 1. The van der Waals surface area contributed by atoms with Gasteiger partial charge < -0.3 is 15.2 Å². The van der Waals surface area contributed by atoms with Crippen LogP contribution in [0.4, 0.5) is 0 Å². The molecular formula is C17H28ClNO2. The average molecular weight is 314 g/mol. The number of benzene rings is 1. The first kappa shape index (κ1) is 18.3. The lowest BCUT2D eigenvalue weighted by Crippen LogP contribution is -2.34. The van der Waals surface area contributed by atoms with Crippen LogP contribution in [0.25, 0.3) is 0 Å². The summed E-state index contributed by atoms with van der Waals surface area (Å²) in [6, 6.07) is 5.80. The Morgan fingerprint density at radius 2 is 1.95 bits per heavy atom. The van der Waals surface area contributed by atoms with Crippen molar-refractivity contribution in [2.75, 3.05) is 13.2 Å². The maximum atomic E-state index is 10.3. The van der Waals surface area contributed by atoms with Gasteiger partial charge in [0.25, 0.3) is 0 Å². The smallest absolute Gasteiger partial charge is 0.124 e. The van der Waals surface area contributed by atoms with Crippen molar-refractivity contribution in [1.82, 2.24) is 5.32 Å². The minimum atomic E-state index is -0.767. The van der Waals surface area contributed by atoms with Crippen LogP contribution in [0.5, 0.6) is 5.75 Å². The van der Waals surface area contributed by atoms with E-state index in [1.165, 1.54) is 0 Å². The molecule has 0 aliphatic heterocycles. The van der Waals surface area contributed by atoms with Gasteiger partial charge in [0.1, 0.15) is 12.4 Å². The second kappa shape index (κ2) is 8.62. The fourth-order valence-corrected chi connectivity index (χ4v) is 2.31. The van der Waals surface area contributed by atoms with E-state index >= 15 is 0 Å². The van der Waals surface area contributed by atoms with Crippen LogP contribution < -0.4 is 10.1 Å². The predicted molar refractivity (Wildman–Crippen MR) is 89.2 cm³/mol. The highest BCUT2D eigenvalue weighted by atomic mass is 35.5. The monoisotopic (exact) mass is 313 g/mol. The highest BCUT2D eigenvalue weighted by molar-refractivity contribution is 6.30. The minimum Gasteiger partial charge on any atom is -0.490 e. The molecule has 0 radical (unpaired) electrons. The molecule has 120 valence electrons. The molecule has 0 fully saturated rings. The summed E-state index contributed by atoms with van der Waals surface area (Å²) in [5, 5.41) is 14.5. The zero-order valence-corrected chi connectivity index (χ0v) is 14.3. The first-order valence-electron chi connectivity index (χ1n) is 7.83. The van der Waals surface area contributed by atoms with Crippen LogP contribution in [0.2, 0.25) is 5.02 Å². The first-order chi connectivity index (χ1) is 9.95. The van der Waals surface area contributed by atoms with Crippen molar-refractivity contribution in [3.05, 3.63) is 28.8 Å². The van der Waals surface area contributed by atoms with E-state index in [2.05, 4.69) is 19.2 Å². The summed E-state index contributed by atoms with van der Waals surface area (Å²) in [5.41, 5.74) is 0.266. The Morgan fingerprint density at radius 3 is 2.52 bits per heavy atom. The Labute approximate surface area is 133 Å². The molecule has 0 saturated carbocycles. The van der Waals surface area contributed by atoms with Crippen LogP contribution in [-0.4, -0.2) is 23.9 Å². The summed E-state index contributed by atoms with van der Waals surface area (Å²) >= 11 is 6.11. The van der Waals surface area contributed by atoms with Gasteiger partial charge in [-0.15, -0.1) is 0 Å². The van der Waals surface area contributed by atoms with Crippen LogP contribution in [0.1, 0.15) is 58.6 Å². The minimum absolute atomic E-state index is 0.162. The van der Waals surface area contributed by atoms with E-state index < -0.39 is 5.60 Å². The molecule has 1 rings (SSSR count). The number of rotatable bonds is 9. The third-order valence-electron chi connectivity index (χ3n) is 3.95. The molecule has 0 aromatic heterocycles. The van der Waals surface area contributed by atoms with Gasteiger partial charge in [-0.3, -0.25) is 0 Å². The Kier molecular flexibility index (Phi) is 7.50. The van der Waals surface area contributed by atoms with Crippen LogP contribution in [0, 0.1) is 0 Å². The quantitative estimate of drug-likeness (QED) is 0.713. The molecule has 1 aromatic rings. The molecule has 0 aliphatic carbocycles. The molecule has 4 heteroatoms. The fourth-order valence-electron chi connectivity index (χ4n) is 2.13. The SMILES string of the molecule is CCCNC(C)c1cc(Cl)ccc1OCC(O)(CC)CC. The largest absolute Gasteiger partial charge is 0.490 e. The van der Waals surface area contributed by atoms with Crippen molar-refractivity contribution in [1.29, 1.82) is 0 Å². The normalized spacial score (nSPS) is 13.2. The van der Waals surface area contributed by atoms with Crippen molar-refractivity contribution in [3.8, 4) is 5.75 Å². The lowest BCUT2D eigenvalue weighted by atomic mass is 9.99. The van der Waals surface area contributed by atoms with Gasteiger partial charge in [0, 0.05) is 16.6 Å². The molecule has 21 heavy (non-hydrogen) atoms. The van der Waals surface area contributed by atoms with Crippen LogP contribution >= 0.6 is 11.6 Å². The molecule has 0 aliphatic rings. The van der Waals surface area contributed by atoms with Crippen LogP contribution in [0.15, 0.2) is 18.2 Å². The Hall–Kier alpha value is -0.770. The second-order valence-electron chi connectivity index (χ2n) is 5.58. The van der Waals surface area contributed by atoms with E-state index in [-0.39, 0.29) is 6.04 Å². The zero-order chi connectivity index (χ0) is 15.9. The standard InChI is InChI=1S/C17H28ClNO2/c1-5-10-19-13(4)15-11-14(18)8-9-16(15)21-12-17(20,6-2)7-3/h8-9,11,13,19-20H,5-7,10,12H2,1-4H3. The number of hydrogen-bond donors (Lipinski definition) is 2. The number of ether oxygens (including phenoxy) is 1. The Morgan fingerprint density at radius 1 is 1.29 bits per heavy atom. The molecular weight excluding hydrogens is 286 g/mol. The van der Waals surface area contributed by atoms with E-state index in [0.29, 0.717) is 24.5 Å². The summed E-state index contributed by atoms with van der Waals surface area (Å²) in [5.74, 6) is 0.788. The lowest BCUT2D eigenvalue weighted by Gasteiger charge is -2.26. The van der Waals surface area contributed by atoms with Gasteiger partial charge in [-0.2, -0.15) is 0 Å². The maximum absolute atomic E-state index is 10.3. The molecule has 0 heterocycles. The van der Waals surface area contributed by atoms with Gasteiger partial charge in [0.15, 0.2) is 0 Å². The van der Waals surface area contributed by atoms with Crippen LogP contribution in [-0.2, 0) is 0 Å². The van der Waals surface area contributed by atoms with Gasteiger partial charge >= 0.3 is 0 Å². The van der Waals surface area contributed by atoms with Gasteiger partial charge in [0.2, 0.25) is 0 Å². The summed E-state index contributed by atoms with van der Waals surface area (Å²) in [6.07, 6.45) is 2.43. The predicted octanol–water partition coefficient (Wildman–Crippen LogP) is 4.33. The van der Waals surface area contributed by atoms with Crippen molar-refractivity contribution < 1.29 is 9.84 Å². The molecule has 0 bridgehead atoms. The van der Waals surface area contributed by atoms with Crippen LogP contribution in [0.3, 0.4) is 0 Å². The zero-order valence-electron chi connectivity index (χ0n) is 13.6. The van der Waals surface area contributed by atoms with Gasteiger partial charge in [-0.25, -0.2) is 0 Å². The Balaban J connectivity index is 2.86. The topological polar surface area (TPSA) is 41.5 Å². The molecule has 0 amide bonds. The maximum Gasteiger partial charge on any atom is 0.124 e. The fraction of sp³-hybridized carbons (Fsp3) is 0.647.